The zero-order chi connectivity index (χ0) is 15.4. The van der Waals surface area contributed by atoms with Gasteiger partial charge in [-0.25, -0.2) is 9.67 Å². The normalized spacial score (nSPS) is 10.6. The topological polar surface area (TPSA) is 80.0 Å². The second-order valence-electron chi connectivity index (χ2n) is 4.46. The van der Waals surface area contributed by atoms with Crippen molar-refractivity contribution in [1.82, 2.24) is 20.1 Å². The summed E-state index contributed by atoms with van der Waals surface area (Å²) in [5, 5.41) is 17.6. The molecule has 0 aliphatic rings. The second kappa shape index (κ2) is 6.50. The smallest absolute Gasteiger partial charge is 0.291 e. The molecule has 112 valence electrons. The van der Waals surface area contributed by atoms with Crippen molar-refractivity contribution in [2.45, 2.75) is 0 Å². The van der Waals surface area contributed by atoms with E-state index in [4.69, 9.17) is 5.11 Å². The molecule has 3 aromatic rings. The first-order chi connectivity index (χ1) is 10.8. The molecule has 7 heteroatoms. The molecule has 0 bridgehead atoms. The van der Waals surface area contributed by atoms with E-state index in [1.54, 1.807) is 4.68 Å². The van der Waals surface area contributed by atoms with Crippen LogP contribution in [0.15, 0.2) is 47.8 Å². The van der Waals surface area contributed by atoms with Gasteiger partial charge in [0.25, 0.3) is 5.91 Å². The Hall–Kier alpha value is -2.51. The summed E-state index contributed by atoms with van der Waals surface area (Å²) in [7, 11) is 0. The lowest BCUT2D eigenvalue weighted by atomic mass is 10.3. The molecule has 3 rings (SSSR count). The van der Waals surface area contributed by atoms with E-state index >= 15 is 0 Å². The molecule has 0 saturated heterocycles. The minimum atomic E-state index is -0.401. The summed E-state index contributed by atoms with van der Waals surface area (Å²) in [5.41, 5.74) is 0.833. The number of aliphatic hydroxyl groups excluding tert-OH is 1. The van der Waals surface area contributed by atoms with Crippen molar-refractivity contribution < 1.29 is 9.90 Å². The maximum absolute atomic E-state index is 12.0. The standard InChI is InChI=1S/C15H14N4O2S/c20-9-8-16-15(21)13-17-14(12-7-4-10-22-12)19(18-13)11-5-2-1-3-6-11/h1-7,10,20H,8-9H2,(H,16,21). The molecule has 2 aromatic heterocycles. The van der Waals surface area contributed by atoms with Crippen molar-refractivity contribution in [3.63, 3.8) is 0 Å². The Morgan fingerprint density at radius 1 is 1.23 bits per heavy atom. The number of thiophene rings is 1. The molecule has 22 heavy (non-hydrogen) atoms. The first-order valence-corrected chi connectivity index (χ1v) is 7.63. The Morgan fingerprint density at radius 3 is 2.73 bits per heavy atom. The van der Waals surface area contributed by atoms with E-state index in [9.17, 15) is 4.79 Å². The van der Waals surface area contributed by atoms with Gasteiger partial charge in [0, 0.05) is 6.54 Å². The average Bonchev–Trinajstić information content (AvgIpc) is 3.22. The highest BCUT2D eigenvalue weighted by atomic mass is 32.1. The minimum Gasteiger partial charge on any atom is -0.395 e. The van der Waals surface area contributed by atoms with Crippen molar-refractivity contribution in [3.8, 4) is 16.4 Å². The van der Waals surface area contributed by atoms with Gasteiger partial charge < -0.3 is 10.4 Å². The largest absolute Gasteiger partial charge is 0.395 e. The van der Waals surface area contributed by atoms with Crippen LogP contribution in [0.1, 0.15) is 10.6 Å². The van der Waals surface area contributed by atoms with Gasteiger partial charge in [-0.3, -0.25) is 4.79 Å². The van der Waals surface area contributed by atoms with Crippen LogP contribution in [0.2, 0.25) is 0 Å². The number of amides is 1. The molecule has 0 fully saturated rings. The van der Waals surface area contributed by atoms with Crippen molar-refractivity contribution >= 4 is 17.2 Å². The summed E-state index contributed by atoms with van der Waals surface area (Å²) in [6.07, 6.45) is 0. The van der Waals surface area contributed by atoms with E-state index < -0.39 is 5.91 Å². The predicted octanol–water partition coefficient (Wildman–Crippen LogP) is 1.72. The van der Waals surface area contributed by atoms with Crippen molar-refractivity contribution in [2.24, 2.45) is 0 Å². The molecule has 2 heterocycles. The van der Waals surface area contributed by atoms with Crippen LogP contribution in [0.25, 0.3) is 16.4 Å². The summed E-state index contributed by atoms with van der Waals surface area (Å²) >= 11 is 1.53. The van der Waals surface area contributed by atoms with Gasteiger partial charge in [-0.15, -0.1) is 16.4 Å². The van der Waals surface area contributed by atoms with Crippen LogP contribution in [0.4, 0.5) is 0 Å². The predicted molar refractivity (Wildman–Crippen MR) is 84.1 cm³/mol. The van der Waals surface area contributed by atoms with Gasteiger partial charge in [-0.2, -0.15) is 0 Å². The fourth-order valence-corrected chi connectivity index (χ4v) is 2.67. The lowest BCUT2D eigenvalue weighted by Crippen LogP contribution is -2.27. The quantitative estimate of drug-likeness (QED) is 0.751. The van der Waals surface area contributed by atoms with Crippen LogP contribution in [0.5, 0.6) is 0 Å². The molecule has 0 radical (unpaired) electrons. The van der Waals surface area contributed by atoms with Crippen molar-refractivity contribution in [3.05, 3.63) is 53.7 Å². The van der Waals surface area contributed by atoms with Crippen LogP contribution < -0.4 is 5.32 Å². The highest BCUT2D eigenvalue weighted by Gasteiger charge is 2.18. The lowest BCUT2D eigenvalue weighted by Gasteiger charge is -2.03. The van der Waals surface area contributed by atoms with Gasteiger partial charge in [0.1, 0.15) is 0 Å². The van der Waals surface area contributed by atoms with Gasteiger partial charge in [-0.05, 0) is 23.6 Å². The number of carbonyl (C=O) groups is 1. The Balaban J connectivity index is 2.04. The molecule has 0 saturated carbocycles. The van der Waals surface area contributed by atoms with Crippen LogP contribution in [0, 0.1) is 0 Å². The molecule has 0 unspecified atom stereocenters. The number of carbonyl (C=O) groups excluding carboxylic acids is 1. The summed E-state index contributed by atoms with van der Waals surface area (Å²) in [6, 6.07) is 13.4. The van der Waals surface area contributed by atoms with Crippen LogP contribution >= 0.6 is 11.3 Å². The maximum Gasteiger partial charge on any atom is 0.291 e. The summed E-state index contributed by atoms with van der Waals surface area (Å²) in [4.78, 5) is 17.3. The second-order valence-corrected chi connectivity index (χ2v) is 5.41. The monoisotopic (exact) mass is 314 g/mol. The number of para-hydroxylation sites is 1. The molecule has 2 N–H and O–H groups in total. The Bertz CT molecular complexity index is 753. The van der Waals surface area contributed by atoms with Gasteiger partial charge in [0.2, 0.25) is 5.82 Å². The number of benzene rings is 1. The molecular weight excluding hydrogens is 300 g/mol. The van der Waals surface area contributed by atoms with E-state index in [-0.39, 0.29) is 19.0 Å². The summed E-state index contributed by atoms with van der Waals surface area (Å²) in [5.74, 6) is 0.303. The van der Waals surface area contributed by atoms with Gasteiger partial charge >= 0.3 is 0 Å². The average molecular weight is 314 g/mol. The zero-order valence-corrected chi connectivity index (χ0v) is 12.5. The summed E-state index contributed by atoms with van der Waals surface area (Å²) < 4.78 is 1.65. The molecule has 6 nitrogen and oxygen atoms in total. The van der Waals surface area contributed by atoms with Crippen LogP contribution in [-0.4, -0.2) is 38.9 Å². The highest BCUT2D eigenvalue weighted by molar-refractivity contribution is 7.13. The van der Waals surface area contributed by atoms with E-state index in [1.165, 1.54) is 11.3 Å². The fourth-order valence-electron chi connectivity index (χ4n) is 1.97. The third-order valence-corrected chi connectivity index (χ3v) is 3.82. The molecular formula is C15H14N4O2S. The number of rotatable bonds is 5. The third kappa shape index (κ3) is 2.90. The number of hydrogen-bond acceptors (Lipinski definition) is 5. The molecule has 0 aliphatic heterocycles. The SMILES string of the molecule is O=C(NCCO)c1nc(-c2cccs2)n(-c2ccccc2)n1. The van der Waals surface area contributed by atoms with Crippen LogP contribution in [-0.2, 0) is 0 Å². The van der Waals surface area contributed by atoms with Gasteiger partial charge in [0.15, 0.2) is 5.82 Å². The number of aliphatic hydroxyl groups is 1. The van der Waals surface area contributed by atoms with E-state index in [2.05, 4.69) is 15.4 Å². The fraction of sp³-hybridized carbons (Fsp3) is 0.133. The third-order valence-electron chi connectivity index (χ3n) is 2.95. The molecule has 0 atom stereocenters. The number of nitrogens with zero attached hydrogens (tertiary/aromatic N) is 3. The summed E-state index contributed by atoms with van der Waals surface area (Å²) in [6.45, 7) is 0.0515. The molecule has 1 amide bonds. The van der Waals surface area contributed by atoms with Crippen LogP contribution in [0.3, 0.4) is 0 Å². The van der Waals surface area contributed by atoms with Gasteiger partial charge in [-0.1, -0.05) is 24.3 Å². The molecule has 0 spiro atoms. The number of nitrogens with one attached hydrogen (secondary N) is 1. The Labute approximate surface area is 131 Å². The zero-order valence-electron chi connectivity index (χ0n) is 11.6. The molecule has 0 aliphatic carbocycles. The van der Waals surface area contributed by atoms with Gasteiger partial charge in [0.05, 0.1) is 17.2 Å². The van der Waals surface area contributed by atoms with E-state index in [0.717, 1.165) is 10.6 Å². The number of aromatic nitrogens is 3. The minimum absolute atomic E-state index is 0.0840. The van der Waals surface area contributed by atoms with E-state index in [0.29, 0.717) is 5.82 Å². The first kappa shape index (κ1) is 14.4. The number of hydrogen-bond donors (Lipinski definition) is 2. The molecule has 1 aromatic carbocycles. The van der Waals surface area contributed by atoms with Crippen molar-refractivity contribution in [1.29, 1.82) is 0 Å². The first-order valence-electron chi connectivity index (χ1n) is 6.75. The highest BCUT2D eigenvalue weighted by Crippen LogP contribution is 2.25. The lowest BCUT2D eigenvalue weighted by molar-refractivity contribution is 0.0934. The van der Waals surface area contributed by atoms with E-state index in [1.807, 2.05) is 47.8 Å². The van der Waals surface area contributed by atoms with Crippen molar-refractivity contribution in [2.75, 3.05) is 13.2 Å². The Kier molecular flexibility index (Phi) is 4.27. The Morgan fingerprint density at radius 2 is 2.05 bits per heavy atom. The maximum atomic E-state index is 12.0.